The average Bonchev–Trinajstić information content (AvgIpc) is 2.31. The molecule has 0 aromatic rings. The van der Waals surface area contributed by atoms with Crippen LogP contribution in [0.5, 0.6) is 0 Å². The molecule has 1 aliphatic rings. The molecule has 0 aromatic heterocycles. The molecule has 1 aliphatic heterocycles. The van der Waals surface area contributed by atoms with Crippen molar-refractivity contribution in [1.82, 2.24) is 10.2 Å². The third-order valence-corrected chi connectivity index (χ3v) is 4.14. The summed E-state index contributed by atoms with van der Waals surface area (Å²) >= 11 is 0. The molecular weight excluding hydrogens is 254 g/mol. The summed E-state index contributed by atoms with van der Waals surface area (Å²) in [5.41, 5.74) is 4.78. The van der Waals surface area contributed by atoms with E-state index in [9.17, 15) is 4.79 Å². The number of carbonyl (C=O) groups is 1. The fraction of sp³-hybridized carbons (Fsp3) is 0.933. The zero-order chi connectivity index (χ0) is 15.4. The lowest BCUT2D eigenvalue weighted by molar-refractivity contribution is -0.128. The molecule has 1 rings (SSSR count). The van der Waals surface area contributed by atoms with Crippen LogP contribution in [0.15, 0.2) is 0 Å². The Hall–Kier alpha value is -0.650. The number of unbranched alkanes of at least 4 members (excludes halogenated alkanes) is 1. The van der Waals surface area contributed by atoms with Gasteiger partial charge in [-0.15, -0.1) is 0 Å². The van der Waals surface area contributed by atoms with Gasteiger partial charge >= 0.3 is 0 Å². The smallest absolute Gasteiger partial charge is 0.237 e. The van der Waals surface area contributed by atoms with Crippen LogP contribution in [0.3, 0.4) is 0 Å². The van der Waals surface area contributed by atoms with E-state index in [1.54, 1.807) is 7.05 Å². The molecule has 0 aromatic carbocycles. The first kappa shape index (κ1) is 17.4. The first-order valence-corrected chi connectivity index (χ1v) is 7.57. The molecule has 0 aliphatic carbocycles. The number of nitrogens with one attached hydrogen (secondary N) is 1. The molecule has 1 heterocycles. The zero-order valence-electron chi connectivity index (χ0n) is 13.7. The number of ether oxygens (including phenoxy) is 1. The summed E-state index contributed by atoms with van der Waals surface area (Å²) in [4.78, 5) is 13.9. The van der Waals surface area contributed by atoms with Crippen molar-refractivity contribution in [3.63, 3.8) is 0 Å². The summed E-state index contributed by atoms with van der Waals surface area (Å²) in [5.74, 6) is -0.277. The Balaban J connectivity index is 2.32. The van der Waals surface area contributed by atoms with Crippen LogP contribution in [-0.4, -0.2) is 54.7 Å². The van der Waals surface area contributed by atoms with Crippen LogP contribution < -0.4 is 11.1 Å². The second-order valence-corrected chi connectivity index (χ2v) is 6.83. The first-order chi connectivity index (χ1) is 9.18. The van der Waals surface area contributed by atoms with Crippen molar-refractivity contribution < 1.29 is 9.53 Å². The van der Waals surface area contributed by atoms with E-state index in [0.717, 1.165) is 38.9 Å². The minimum Gasteiger partial charge on any atom is -0.370 e. The number of likely N-dealkylation sites (N-methyl/N-ethyl adjacent to an activating group) is 1. The predicted molar refractivity (Wildman–Crippen MR) is 81.6 cm³/mol. The molecule has 5 heteroatoms. The summed E-state index contributed by atoms with van der Waals surface area (Å²) in [5, 5.41) is 3.03. The number of hydrogen-bond acceptors (Lipinski definition) is 4. The van der Waals surface area contributed by atoms with Crippen molar-refractivity contribution in [3.8, 4) is 0 Å². The Bertz CT molecular complexity index is 333. The lowest BCUT2D eigenvalue weighted by Gasteiger charge is -2.41. The van der Waals surface area contributed by atoms with Gasteiger partial charge in [-0.1, -0.05) is 0 Å². The molecule has 5 nitrogen and oxygen atoms in total. The third-order valence-electron chi connectivity index (χ3n) is 4.14. The number of carbonyl (C=O) groups excluding carboxylic acids is 1. The normalized spacial score (nSPS) is 26.1. The van der Waals surface area contributed by atoms with Gasteiger partial charge in [-0.05, 0) is 60.5 Å². The van der Waals surface area contributed by atoms with E-state index in [1.165, 1.54) is 0 Å². The highest BCUT2D eigenvalue weighted by atomic mass is 16.5. The molecule has 2 atom stereocenters. The number of morpholine rings is 1. The molecule has 0 saturated carbocycles. The van der Waals surface area contributed by atoms with Crippen LogP contribution in [0, 0.1) is 0 Å². The molecule has 0 radical (unpaired) electrons. The minimum absolute atomic E-state index is 0.0651. The molecule has 0 spiro atoms. The van der Waals surface area contributed by atoms with Crippen molar-refractivity contribution in [2.75, 3.05) is 26.7 Å². The van der Waals surface area contributed by atoms with Crippen LogP contribution in [0.4, 0.5) is 0 Å². The average molecular weight is 285 g/mol. The molecule has 118 valence electrons. The highest BCUT2D eigenvalue weighted by Crippen LogP contribution is 2.21. The third kappa shape index (κ3) is 5.04. The summed E-state index contributed by atoms with van der Waals surface area (Å²) in [6, 6.07) is 0. The Morgan fingerprint density at radius 3 is 2.65 bits per heavy atom. The summed E-state index contributed by atoms with van der Waals surface area (Å²) < 4.78 is 5.90. The van der Waals surface area contributed by atoms with Gasteiger partial charge in [0.2, 0.25) is 5.91 Å². The second-order valence-electron chi connectivity index (χ2n) is 6.83. The maximum absolute atomic E-state index is 11.4. The van der Waals surface area contributed by atoms with Gasteiger partial charge in [-0.2, -0.15) is 0 Å². The monoisotopic (exact) mass is 285 g/mol. The van der Waals surface area contributed by atoms with Crippen LogP contribution in [0.1, 0.15) is 47.0 Å². The molecular formula is C15H31N3O2. The standard InChI is InChI=1S/C15H31N3O2/c1-12-10-18(11-14(2,3)20-12)9-7-6-8-15(4,17-5)13(16)19/h12,17H,6-11H2,1-5H3,(H2,16,19). The van der Waals surface area contributed by atoms with Crippen molar-refractivity contribution >= 4 is 5.91 Å². The summed E-state index contributed by atoms with van der Waals surface area (Å²) in [6.07, 6.45) is 3.13. The van der Waals surface area contributed by atoms with E-state index in [-0.39, 0.29) is 17.6 Å². The maximum Gasteiger partial charge on any atom is 0.237 e. The van der Waals surface area contributed by atoms with Gasteiger partial charge in [0, 0.05) is 13.1 Å². The molecule has 3 N–H and O–H groups in total. The molecule has 1 fully saturated rings. The number of nitrogens with two attached hydrogens (primary N) is 1. The molecule has 20 heavy (non-hydrogen) atoms. The van der Waals surface area contributed by atoms with Crippen molar-refractivity contribution in [2.24, 2.45) is 5.73 Å². The topological polar surface area (TPSA) is 67.6 Å². The number of amides is 1. The molecule has 1 amide bonds. The second kappa shape index (κ2) is 6.87. The lowest BCUT2D eigenvalue weighted by atomic mass is 9.94. The Kier molecular flexibility index (Phi) is 5.98. The molecule has 2 unspecified atom stereocenters. The highest BCUT2D eigenvalue weighted by molar-refractivity contribution is 5.84. The fourth-order valence-corrected chi connectivity index (χ4v) is 2.94. The molecule has 1 saturated heterocycles. The van der Waals surface area contributed by atoms with Crippen molar-refractivity contribution in [2.45, 2.75) is 64.2 Å². The Labute approximate surface area is 123 Å². The summed E-state index contributed by atoms with van der Waals surface area (Å²) in [7, 11) is 1.79. The van der Waals surface area contributed by atoms with Crippen LogP contribution in [-0.2, 0) is 9.53 Å². The van der Waals surface area contributed by atoms with Crippen LogP contribution in [0.25, 0.3) is 0 Å². The van der Waals surface area contributed by atoms with Gasteiger partial charge in [0.15, 0.2) is 0 Å². The van der Waals surface area contributed by atoms with Crippen LogP contribution in [0.2, 0.25) is 0 Å². The van der Waals surface area contributed by atoms with Crippen LogP contribution >= 0.6 is 0 Å². The molecule has 0 bridgehead atoms. The number of primary amides is 1. The van der Waals surface area contributed by atoms with Gasteiger partial charge in [0.25, 0.3) is 0 Å². The Morgan fingerprint density at radius 1 is 1.50 bits per heavy atom. The summed E-state index contributed by atoms with van der Waals surface area (Å²) in [6.45, 7) is 11.3. The minimum atomic E-state index is -0.586. The van der Waals surface area contributed by atoms with E-state index >= 15 is 0 Å². The zero-order valence-corrected chi connectivity index (χ0v) is 13.7. The van der Waals surface area contributed by atoms with E-state index in [4.69, 9.17) is 10.5 Å². The van der Waals surface area contributed by atoms with Crippen molar-refractivity contribution in [1.29, 1.82) is 0 Å². The van der Waals surface area contributed by atoms with E-state index < -0.39 is 5.54 Å². The predicted octanol–water partition coefficient (Wildman–Crippen LogP) is 1.12. The number of nitrogens with zero attached hydrogens (tertiary/aromatic N) is 1. The van der Waals surface area contributed by atoms with Gasteiger partial charge < -0.3 is 15.8 Å². The number of hydrogen-bond donors (Lipinski definition) is 2. The SMILES string of the molecule is CNC(C)(CCCCN1CC(C)OC(C)(C)C1)C(N)=O. The van der Waals surface area contributed by atoms with Gasteiger partial charge in [0.05, 0.1) is 17.2 Å². The maximum atomic E-state index is 11.4. The van der Waals surface area contributed by atoms with E-state index in [1.807, 2.05) is 6.92 Å². The van der Waals surface area contributed by atoms with Crippen molar-refractivity contribution in [3.05, 3.63) is 0 Å². The largest absolute Gasteiger partial charge is 0.370 e. The quantitative estimate of drug-likeness (QED) is 0.688. The van der Waals surface area contributed by atoms with Gasteiger partial charge in [-0.25, -0.2) is 0 Å². The highest BCUT2D eigenvalue weighted by Gasteiger charge is 2.31. The van der Waals surface area contributed by atoms with E-state index in [0.29, 0.717) is 0 Å². The van der Waals surface area contributed by atoms with E-state index in [2.05, 4.69) is 31.0 Å². The fourth-order valence-electron chi connectivity index (χ4n) is 2.94. The Morgan fingerprint density at radius 2 is 2.15 bits per heavy atom. The first-order valence-electron chi connectivity index (χ1n) is 7.57. The van der Waals surface area contributed by atoms with Gasteiger partial charge in [-0.3, -0.25) is 9.69 Å². The number of rotatable bonds is 7. The lowest BCUT2D eigenvalue weighted by Crippen LogP contribution is -2.52. The van der Waals surface area contributed by atoms with Gasteiger partial charge in [0.1, 0.15) is 0 Å².